The van der Waals surface area contributed by atoms with E-state index in [1.54, 1.807) is 12.3 Å². The number of hydrogen-bond donors (Lipinski definition) is 1. The van der Waals surface area contributed by atoms with Crippen LogP contribution < -0.4 is 10.2 Å². The molecule has 0 saturated heterocycles. The topological polar surface area (TPSA) is 28.4 Å². The van der Waals surface area contributed by atoms with Crippen LogP contribution in [0.1, 0.15) is 31.2 Å². The van der Waals surface area contributed by atoms with Crippen LogP contribution in [0.2, 0.25) is 0 Å². The molecule has 108 valence electrons. The third-order valence-corrected chi connectivity index (χ3v) is 3.55. The number of nitrogens with zero attached hydrogens (tertiary/aromatic N) is 1. The Morgan fingerprint density at radius 1 is 1.35 bits per heavy atom. The fraction of sp³-hybridized carbons (Fsp3) is 0.375. The van der Waals surface area contributed by atoms with Gasteiger partial charge >= 0.3 is 0 Å². The van der Waals surface area contributed by atoms with Crippen LogP contribution in [0.4, 0.5) is 10.1 Å². The third kappa shape index (κ3) is 3.20. The number of rotatable bonds is 6. The van der Waals surface area contributed by atoms with Gasteiger partial charge in [-0.05, 0) is 50.7 Å². The molecule has 1 heterocycles. The first-order chi connectivity index (χ1) is 9.65. The Morgan fingerprint density at radius 3 is 2.70 bits per heavy atom. The zero-order valence-electron chi connectivity index (χ0n) is 12.2. The Balaban J connectivity index is 2.21. The summed E-state index contributed by atoms with van der Waals surface area (Å²) in [5.41, 5.74) is 1.55. The summed E-state index contributed by atoms with van der Waals surface area (Å²) in [5.74, 6) is 0.636. The monoisotopic (exact) mass is 276 g/mol. The predicted molar refractivity (Wildman–Crippen MR) is 79.3 cm³/mol. The summed E-state index contributed by atoms with van der Waals surface area (Å²) >= 11 is 0. The SMILES string of the molecule is CCN(Cc1ccco1)c1ccc(C(C)NC)cc1F. The molecule has 0 spiro atoms. The summed E-state index contributed by atoms with van der Waals surface area (Å²) in [6.45, 7) is 5.31. The van der Waals surface area contributed by atoms with Crippen LogP contribution in [-0.2, 0) is 6.54 Å². The standard InChI is InChI=1S/C16H21FN2O/c1-4-19(11-14-6-5-9-20-14)16-8-7-13(10-15(16)17)12(2)18-3/h5-10,12,18H,4,11H2,1-3H3. The van der Waals surface area contributed by atoms with Crippen molar-refractivity contribution < 1.29 is 8.81 Å². The highest BCUT2D eigenvalue weighted by molar-refractivity contribution is 5.49. The van der Waals surface area contributed by atoms with Gasteiger partial charge < -0.3 is 14.6 Å². The van der Waals surface area contributed by atoms with Crippen LogP contribution in [0.5, 0.6) is 0 Å². The molecule has 20 heavy (non-hydrogen) atoms. The van der Waals surface area contributed by atoms with Gasteiger partial charge in [0.1, 0.15) is 11.6 Å². The summed E-state index contributed by atoms with van der Waals surface area (Å²) in [6.07, 6.45) is 1.64. The van der Waals surface area contributed by atoms with Gasteiger partial charge in [0.2, 0.25) is 0 Å². The van der Waals surface area contributed by atoms with E-state index < -0.39 is 0 Å². The van der Waals surface area contributed by atoms with Crippen molar-refractivity contribution in [2.45, 2.75) is 26.4 Å². The van der Waals surface area contributed by atoms with Gasteiger partial charge in [-0.2, -0.15) is 0 Å². The Hall–Kier alpha value is -1.81. The van der Waals surface area contributed by atoms with Gasteiger partial charge in [-0.3, -0.25) is 0 Å². The van der Waals surface area contributed by atoms with Crippen LogP contribution in [0, 0.1) is 5.82 Å². The Labute approximate surface area is 119 Å². The number of furan rings is 1. The first-order valence-electron chi connectivity index (χ1n) is 6.89. The molecule has 3 nitrogen and oxygen atoms in total. The Morgan fingerprint density at radius 2 is 2.15 bits per heavy atom. The molecule has 0 aliphatic heterocycles. The molecule has 1 aromatic carbocycles. The van der Waals surface area contributed by atoms with E-state index in [0.29, 0.717) is 12.2 Å². The van der Waals surface area contributed by atoms with Gasteiger partial charge in [-0.25, -0.2) is 4.39 Å². The minimum Gasteiger partial charge on any atom is -0.467 e. The molecule has 1 atom stereocenters. The van der Waals surface area contributed by atoms with E-state index in [0.717, 1.165) is 17.9 Å². The molecule has 0 fully saturated rings. The van der Waals surface area contributed by atoms with Gasteiger partial charge in [0.05, 0.1) is 18.5 Å². The second-order valence-electron chi connectivity index (χ2n) is 4.81. The average Bonchev–Trinajstić information content (AvgIpc) is 2.97. The zero-order chi connectivity index (χ0) is 14.5. The second kappa shape index (κ2) is 6.57. The van der Waals surface area contributed by atoms with Crippen molar-refractivity contribution in [1.82, 2.24) is 5.32 Å². The average molecular weight is 276 g/mol. The van der Waals surface area contributed by atoms with Gasteiger partial charge in [-0.1, -0.05) is 6.07 Å². The van der Waals surface area contributed by atoms with E-state index in [-0.39, 0.29) is 11.9 Å². The summed E-state index contributed by atoms with van der Waals surface area (Å²) in [6, 6.07) is 9.28. The Bertz CT molecular complexity index is 539. The first kappa shape index (κ1) is 14.6. The lowest BCUT2D eigenvalue weighted by Crippen LogP contribution is -2.23. The lowest BCUT2D eigenvalue weighted by molar-refractivity contribution is 0.501. The summed E-state index contributed by atoms with van der Waals surface area (Å²) in [5, 5.41) is 3.11. The van der Waals surface area contributed by atoms with Crippen LogP contribution in [-0.4, -0.2) is 13.6 Å². The highest BCUT2D eigenvalue weighted by Gasteiger charge is 2.14. The van der Waals surface area contributed by atoms with Crippen LogP contribution in [0.3, 0.4) is 0 Å². The van der Waals surface area contributed by atoms with Gasteiger partial charge in [-0.15, -0.1) is 0 Å². The van der Waals surface area contributed by atoms with Crippen LogP contribution in [0.15, 0.2) is 41.0 Å². The van der Waals surface area contributed by atoms with E-state index in [9.17, 15) is 4.39 Å². The van der Waals surface area contributed by atoms with Crippen molar-refractivity contribution in [3.8, 4) is 0 Å². The highest BCUT2D eigenvalue weighted by Crippen LogP contribution is 2.24. The smallest absolute Gasteiger partial charge is 0.146 e. The lowest BCUT2D eigenvalue weighted by Gasteiger charge is -2.23. The predicted octanol–water partition coefficient (Wildman–Crippen LogP) is 3.73. The number of halogens is 1. The molecule has 2 rings (SSSR count). The Kier molecular flexibility index (Phi) is 4.79. The molecule has 0 aliphatic carbocycles. The van der Waals surface area contributed by atoms with Crippen molar-refractivity contribution >= 4 is 5.69 Å². The summed E-state index contributed by atoms with van der Waals surface area (Å²) in [4.78, 5) is 1.96. The number of benzene rings is 1. The van der Waals surface area contributed by atoms with Crippen LogP contribution >= 0.6 is 0 Å². The second-order valence-corrected chi connectivity index (χ2v) is 4.81. The molecule has 1 unspecified atom stereocenters. The molecule has 0 amide bonds. The van der Waals surface area contributed by atoms with E-state index in [2.05, 4.69) is 5.32 Å². The van der Waals surface area contributed by atoms with Crippen molar-refractivity contribution in [3.05, 3.63) is 53.7 Å². The van der Waals surface area contributed by atoms with E-state index in [1.807, 2.05) is 50.1 Å². The maximum Gasteiger partial charge on any atom is 0.146 e. The molecule has 1 N–H and O–H groups in total. The molecule has 0 aliphatic rings. The third-order valence-electron chi connectivity index (χ3n) is 3.55. The van der Waals surface area contributed by atoms with E-state index in [4.69, 9.17) is 4.42 Å². The maximum absolute atomic E-state index is 14.3. The number of anilines is 1. The molecule has 0 bridgehead atoms. The van der Waals surface area contributed by atoms with Gasteiger partial charge in [0.15, 0.2) is 0 Å². The lowest BCUT2D eigenvalue weighted by atomic mass is 10.1. The largest absolute Gasteiger partial charge is 0.467 e. The molecular formula is C16H21FN2O. The van der Waals surface area contributed by atoms with Crippen molar-refractivity contribution in [2.75, 3.05) is 18.5 Å². The number of nitrogens with one attached hydrogen (secondary N) is 1. The molecule has 0 saturated carbocycles. The fourth-order valence-corrected chi connectivity index (χ4v) is 2.17. The molecule has 1 aromatic heterocycles. The van der Waals surface area contributed by atoms with Crippen molar-refractivity contribution in [3.63, 3.8) is 0 Å². The van der Waals surface area contributed by atoms with Gasteiger partial charge in [0.25, 0.3) is 0 Å². The quantitative estimate of drug-likeness (QED) is 0.871. The van der Waals surface area contributed by atoms with E-state index in [1.165, 1.54) is 0 Å². The molecule has 2 aromatic rings. The van der Waals surface area contributed by atoms with Crippen molar-refractivity contribution in [2.24, 2.45) is 0 Å². The minimum atomic E-state index is -0.196. The van der Waals surface area contributed by atoms with Gasteiger partial charge in [0, 0.05) is 12.6 Å². The normalized spacial score (nSPS) is 12.4. The highest BCUT2D eigenvalue weighted by atomic mass is 19.1. The minimum absolute atomic E-state index is 0.138. The zero-order valence-corrected chi connectivity index (χ0v) is 12.2. The van der Waals surface area contributed by atoms with E-state index >= 15 is 0 Å². The molecular weight excluding hydrogens is 255 g/mol. The van der Waals surface area contributed by atoms with Crippen molar-refractivity contribution in [1.29, 1.82) is 0 Å². The molecule has 4 heteroatoms. The maximum atomic E-state index is 14.3. The summed E-state index contributed by atoms with van der Waals surface area (Å²) in [7, 11) is 1.87. The number of hydrogen-bond acceptors (Lipinski definition) is 3. The summed E-state index contributed by atoms with van der Waals surface area (Å²) < 4.78 is 19.6. The molecule has 0 radical (unpaired) electrons. The fourth-order valence-electron chi connectivity index (χ4n) is 2.17. The van der Waals surface area contributed by atoms with Crippen LogP contribution in [0.25, 0.3) is 0 Å². The first-order valence-corrected chi connectivity index (χ1v) is 6.89.